The molecule has 7 nitrogen and oxygen atoms in total. The second-order valence-electron chi connectivity index (χ2n) is 8.60. The molecule has 1 amide bonds. The summed E-state index contributed by atoms with van der Waals surface area (Å²) in [7, 11) is 0. The van der Waals surface area contributed by atoms with Crippen molar-refractivity contribution in [3.8, 4) is 0 Å². The predicted octanol–water partition coefficient (Wildman–Crippen LogP) is 2.41. The molecule has 184 valence electrons. The zero-order valence-corrected chi connectivity index (χ0v) is 21.0. The third-order valence-corrected chi connectivity index (χ3v) is 8.29. The number of carbonyl (C=O) groups is 1. The molecule has 0 spiro atoms. The molecule has 0 saturated carbocycles. The van der Waals surface area contributed by atoms with Gasteiger partial charge in [-0.15, -0.1) is 0 Å². The molecule has 0 radical (unpaired) electrons. The molecular formula is C28H26N2O5Se. The van der Waals surface area contributed by atoms with Crippen LogP contribution in [0.1, 0.15) is 37.9 Å². The van der Waals surface area contributed by atoms with Gasteiger partial charge in [0, 0.05) is 0 Å². The number of aromatic nitrogens is 1. The van der Waals surface area contributed by atoms with Crippen molar-refractivity contribution < 1.29 is 24.5 Å². The Morgan fingerprint density at radius 2 is 1.39 bits per heavy atom. The fourth-order valence-electron chi connectivity index (χ4n) is 4.60. The van der Waals surface area contributed by atoms with E-state index >= 15 is 0 Å². The third kappa shape index (κ3) is 4.55. The zero-order chi connectivity index (χ0) is 25.1. The molecule has 0 bridgehead atoms. The molecule has 4 N–H and O–H groups in total. The normalized spacial score (nSPS) is 21.9. The van der Waals surface area contributed by atoms with Gasteiger partial charge in [-0.25, -0.2) is 0 Å². The maximum absolute atomic E-state index is 11.5. The van der Waals surface area contributed by atoms with Gasteiger partial charge in [-0.2, -0.15) is 0 Å². The van der Waals surface area contributed by atoms with Crippen LogP contribution in [0.2, 0.25) is 0 Å². The van der Waals surface area contributed by atoms with Crippen LogP contribution in [0.25, 0.3) is 0 Å². The Morgan fingerprint density at radius 1 is 0.889 bits per heavy atom. The van der Waals surface area contributed by atoms with Gasteiger partial charge in [0.25, 0.3) is 0 Å². The Bertz CT molecular complexity index is 1200. The van der Waals surface area contributed by atoms with Crippen molar-refractivity contribution >= 4 is 20.4 Å². The van der Waals surface area contributed by atoms with Crippen molar-refractivity contribution in [3.63, 3.8) is 0 Å². The first kappa shape index (κ1) is 24.6. The minimum atomic E-state index is -1.19. The van der Waals surface area contributed by atoms with E-state index in [2.05, 4.69) is 4.98 Å². The number of nitrogens with two attached hydrogens (primary N) is 1. The molecule has 4 atom stereocenters. The van der Waals surface area contributed by atoms with Gasteiger partial charge in [0.1, 0.15) is 0 Å². The van der Waals surface area contributed by atoms with Crippen LogP contribution < -0.4 is 5.73 Å². The SMILES string of the molecule is NC(=O)c1c[se]c([C@@H]2O[C@H](COC(c3ccccc3)(c3ccccc3)c3ccccc3)[C@@H](O)[C@H]2O)n1. The number of aliphatic hydroxyl groups is 2. The summed E-state index contributed by atoms with van der Waals surface area (Å²) in [6, 6.07) is 29.7. The van der Waals surface area contributed by atoms with Gasteiger partial charge in [0.15, 0.2) is 0 Å². The number of primary amides is 1. The van der Waals surface area contributed by atoms with Gasteiger partial charge in [0.2, 0.25) is 0 Å². The Kier molecular flexibility index (Phi) is 7.16. The van der Waals surface area contributed by atoms with Crippen LogP contribution in [0.5, 0.6) is 0 Å². The van der Waals surface area contributed by atoms with E-state index < -0.39 is 35.9 Å². The van der Waals surface area contributed by atoms with Gasteiger partial charge < -0.3 is 0 Å². The van der Waals surface area contributed by atoms with Gasteiger partial charge in [-0.3, -0.25) is 0 Å². The van der Waals surface area contributed by atoms with Crippen LogP contribution in [-0.4, -0.2) is 60.5 Å². The van der Waals surface area contributed by atoms with E-state index in [1.807, 2.05) is 91.0 Å². The second kappa shape index (κ2) is 10.5. The summed E-state index contributed by atoms with van der Waals surface area (Å²) in [6.07, 6.45) is -4.02. The van der Waals surface area contributed by atoms with Gasteiger partial charge in [-0.05, 0) is 0 Å². The Labute approximate surface area is 214 Å². The summed E-state index contributed by atoms with van der Waals surface area (Å²) in [5.74, 6) is -0.627. The molecule has 1 aliphatic heterocycles. The monoisotopic (exact) mass is 550 g/mol. The molecule has 0 unspecified atom stereocenters. The third-order valence-electron chi connectivity index (χ3n) is 6.39. The molecule has 1 aliphatic rings. The van der Waals surface area contributed by atoms with E-state index in [4.69, 9.17) is 15.2 Å². The number of ether oxygens (including phenoxy) is 2. The first-order valence-corrected chi connectivity index (χ1v) is 13.4. The van der Waals surface area contributed by atoms with Crippen LogP contribution in [0.3, 0.4) is 0 Å². The predicted molar refractivity (Wildman–Crippen MR) is 134 cm³/mol. The van der Waals surface area contributed by atoms with Crippen LogP contribution in [0, 0.1) is 0 Å². The zero-order valence-electron chi connectivity index (χ0n) is 19.3. The number of hydrogen-bond donors (Lipinski definition) is 3. The summed E-state index contributed by atoms with van der Waals surface area (Å²) in [4.78, 5) is 17.4. The molecule has 3 aromatic carbocycles. The van der Waals surface area contributed by atoms with Crippen molar-refractivity contribution in [2.75, 3.05) is 6.61 Å². The van der Waals surface area contributed by atoms with Crippen LogP contribution >= 0.6 is 0 Å². The quantitative estimate of drug-likeness (QED) is 0.230. The van der Waals surface area contributed by atoms with Crippen LogP contribution in [0.15, 0.2) is 95.9 Å². The number of carbonyl (C=O) groups excluding carboxylic acids is 1. The van der Waals surface area contributed by atoms with Gasteiger partial charge >= 0.3 is 215 Å². The number of amides is 1. The summed E-state index contributed by atoms with van der Waals surface area (Å²) in [5, 5.41) is 21.6. The van der Waals surface area contributed by atoms with E-state index in [1.165, 1.54) is 0 Å². The number of rotatable bonds is 8. The van der Waals surface area contributed by atoms with E-state index in [1.54, 1.807) is 4.94 Å². The number of aliphatic hydroxyl groups excluding tert-OH is 2. The Balaban J connectivity index is 1.49. The average molecular weight is 549 g/mol. The minimum absolute atomic E-state index is 0.00376. The van der Waals surface area contributed by atoms with Gasteiger partial charge in [-0.1, -0.05) is 0 Å². The van der Waals surface area contributed by atoms with Crippen molar-refractivity contribution in [1.82, 2.24) is 4.98 Å². The van der Waals surface area contributed by atoms with E-state index in [9.17, 15) is 15.0 Å². The van der Waals surface area contributed by atoms with Crippen molar-refractivity contribution in [2.45, 2.75) is 30.0 Å². The fraction of sp³-hybridized carbons (Fsp3) is 0.214. The van der Waals surface area contributed by atoms with Gasteiger partial charge in [0.05, 0.1) is 0 Å². The number of nitrogens with zero attached hydrogens (tertiary/aromatic N) is 1. The van der Waals surface area contributed by atoms with Crippen LogP contribution in [0.4, 0.5) is 0 Å². The molecule has 1 aromatic heterocycles. The van der Waals surface area contributed by atoms with Crippen molar-refractivity contribution in [2.24, 2.45) is 5.73 Å². The average Bonchev–Trinajstić information content (AvgIpc) is 3.52. The molecule has 36 heavy (non-hydrogen) atoms. The Hall–Kier alpha value is -3.10. The standard InChI is InChI=1S/C28H26N2O5Se/c29-26(33)21-17-36-27(30-21)25-24(32)23(31)22(35-25)16-34-28(18-10-4-1-5-11-18,19-12-6-2-7-13-19)20-14-8-3-9-15-20/h1-15,17,22-25,31-32H,16H2,(H2,29,33)/t22-,23-,24-,25-/m1/s1. The van der Waals surface area contributed by atoms with E-state index in [0.717, 1.165) is 16.7 Å². The molecule has 8 heteroatoms. The Morgan fingerprint density at radius 3 is 1.83 bits per heavy atom. The molecule has 1 fully saturated rings. The number of hydrogen-bond acceptors (Lipinski definition) is 6. The molecule has 2 heterocycles. The van der Waals surface area contributed by atoms with E-state index in [-0.39, 0.29) is 26.8 Å². The van der Waals surface area contributed by atoms with E-state index in [0.29, 0.717) is 4.57 Å². The topological polar surface area (TPSA) is 115 Å². The van der Waals surface area contributed by atoms with Crippen molar-refractivity contribution in [1.29, 1.82) is 0 Å². The molecule has 5 rings (SSSR count). The maximum atomic E-state index is 11.5. The summed E-state index contributed by atoms with van der Waals surface area (Å²) >= 11 is -0.298. The van der Waals surface area contributed by atoms with Crippen molar-refractivity contribution in [3.05, 3.63) is 123 Å². The molecule has 4 aromatic rings. The first-order chi connectivity index (χ1) is 17.5. The first-order valence-electron chi connectivity index (χ1n) is 11.6. The summed E-state index contributed by atoms with van der Waals surface area (Å²) in [6.45, 7) is 0.00376. The number of benzene rings is 3. The molecule has 1 saturated heterocycles. The van der Waals surface area contributed by atoms with Crippen LogP contribution in [-0.2, 0) is 15.1 Å². The fourth-order valence-corrected chi connectivity index (χ4v) is 6.45. The summed E-state index contributed by atoms with van der Waals surface area (Å²) < 4.78 is 13.3. The summed E-state index contributed by atoms with van der Waals surface area (Å²) in [5.41, 5.74) is 7.28. The second-order valence-corrected chi connectivity index (χ2v) is 10.5. The molecule has 0 aliphatic carbocycles. The molecular weight excluding hydrogens is 523 g/mol.